The van der Waals surface area contributed by atoms with Gasteiger partial charge in [-0.2, -0.15) is 0 Å². The number of hydrogen-bond donors (Lipinski definition) is 1. The van der Waals surface area contributed by atoms with Gasteiger partial charge in [-0.05, 0) is 32.6 Å². The summed E-state index contributed by atoms with van der Waals surface area (Å²) in [5, 5.41) is 3.11. The van der Waals surface area contributed by atoms with Gasteiger partial charge in [0.1, 0.15) is 6.10 Å². The van der Waals surface area contributed by atoms with Crippen LogP contribution in [-0.4, -0.2) is 72.6 Å². The van der Waals surface area contributed by atoms with Gasteiger partial charge in [0.25, 0.3) is 5.91 Å². The number of carbonyl (C=O) groups is 2. The summed E-state index contributed by atoms with van der Waals surface area (Å²) in [6, 6.07) is 0.164. The predicted octanol–water partition coefficient (Wildman–Crippen LogP) is 1.54. The Hall–Kier alpha value is -1.14. The van der Waals surface area contributed by atoms with Crippen molar-refractivity contribution in [3.63, 3.8) is 0 Å². The fourth-order valence-electron chi connectivity index (χ4n) is 4.40. The molecule has 0 bridgehead atoms. The highest BCUT2D eigenvalue weighted by molar-refractivity contribution is 5.81. The number of rotatable bonds is 4. The van der Waals surface area contributed by atoms with Crippen LogP contribution in [0.3, 0.4) is 0 Å². The van der Waals surface area contributed by atoms with Gasteiger partial charge in [-0.15, -0.1) is 0 Å². The topological polar surface area (TPSA) is 61.9 Å². The molecule has 0 spiro atoms. The average Bonchev–Trinajstić information content (AvgIpc) is 2.90. The molecule has 25 heavy (non-hydrogen) atoms. The molecule has 6 nitrogen and oxygen atoms in total. The van der Waals surface area contributed by atoms with E-state index in [0.717, 1.165) is 45.3 Å². The largest absolute Gasteiger partial charge is 0.365 e. The van der Waals surface area contributed by atoms with Gasteiger partial charge in [0.2, 0.25) is 5.91 Å². The second kappa shape index (κ2) is 8.99. The summed E-state index contributed by atoms with van der Waals surface area (Å²) in [6.45, 7) is 5.35. The average molecular weight is 351 g/mol. The van der Waals surface area contributed by atoms with Crippen LogP contribution in [0.5, 0.6) is 0 Å². The van der Waals surface area contributed by atoms with E-state index in [0.29, 0.717) is 13.1 Å². The molecule has 1 aliphatic carbocycles. The van der Waals surface area contributed by atoms with Crippen molar-refractivity contribution in [2.45, 2.75) is 76.5 Å². The lowest BCUT2D eigenvalue weighted by Gasteiger charge is -2.41. The quantitative estimate of drug-likeness (QED) is 0.781. The van der Waals surface area contributed by atoms with Gasteiger partial charge in [-0.3, -0.25) is 9.59 Å². The van der Waals surface area contributed by atoms with Crippen LogP contribution < -0.4 is 5.32 Å². The van der Waals surface area contributed by atoms with Crippen molar-refractivity contribution in [1.29, 1.82) is 0 Å². The smallest absolute Gasteiger partial charge is 0.251 e. The molecule has 3 aliphatic rings. The van der Waals surface area contributed by atoms with Crippen molar-refractivity contribution < 1.29 is 14.3 Å². The van der Waals surface area contributed by atoms with Crippen molar-refractivity contribution in [1.82, 2.24) is 15.1 Å². The zero-order valence-electron chi connectivity index (χ0n) is 15.5. The summed E-state index contributed by atoms with van der Waals surface area (Å²) >= 11 is 0. The van der Waals surface area contributed by atoms with Crippen LogP contribution in [0.15, 0.2) is 0 Å². The van der Waals surface area contributed by atoms with Crippen molar-refractivity contribution >= 4 is 11.8 Å². The Morgan fingerprint density at radius 1 is 1.12 bits per heavy atom. The first kappa shape index (κ1) is 18.6. The fourth-order valence-corrected chi connectivity index (χ4v) is 4.40. The number of amides is 2. The second-order valence-corrected chi connectivity index (χ2v) is 7.74. The fraction of sp³-hybridized carbons (Fsp3) is 0.895. The Bertz CT molecular complexity index is 463. The van der Waals surface area contributed by atoms with E-state index in [-0.39, 0.29) is 30.1 Å². The van der Waals surface area contributed by atoms with Gasteiger partial charge in [-0.1, -0.05) is 25.7 Å². The normalized spacial score (nSPS) is 27.9. The summed E-state index contributed by atoms with van der Waals surface area (Å²) in [5.74, 6) is 0.254. The summed E-state index contributed by atoms with van der Waals surface area (Å²) in [7, 11) is 0. The highest BCUT2D eigenvalue weighted by Gasteiger charge is 2.33. The predicted molar refractivity (Wildman–Crippen MR) is 96.2 cm³/mol. The lowest BCUT2D eigenvalue weighted by molar-refractivity contribution is -0.151. The number of ether oxygens (including phenoxy) is 1. The number of carbonyl (C=O) groups excluding carboxylic acids is 2. The number of likely N-dealkylation sites (tertiary alicyclic amines) is 1. The maximum atomic E-state index is 12.9. The Morgan fingerprint density at radius 3 is 2.60 bits per heavy atom. The minimum absolute atomic E-state index is 0.0940. The van der Waals surface area contributed by atoms with Crippen LogP contribution >= 0.6 is 0 Å². The van der Waals surface area contributed by atoms with Crippen molar-refractivity contribution in [2.24, 2.45) is 0 Å². The number of nitrogens with one attached hydrogen (secondary N) is 1. The maximum absolute atomic E-state index is 12.9. The molecule has 2 aliphatic heterocycles. The molecule has 2 saturated heterocycles. The molecular formula is C19H33N3O3. The lowest BCUT2D eigenvalue weighted by atomic mass is 10.0. The third-order valence-electron chi connectivity index (χ3n) is 5.82. The van der Waals surface area contributed by atoms with Crippen molar-refractivity contribution in [3.05, 3.63) is 0 Å². The minimum atomic E-state index is -0.374. The molecule has 0 aromatic heterocycles. The van der Waals surface area contributed by atoms with Crippen molar-refractivity contribution in [2.75, 3.05) is 32.7 Å². The van der Waals surface area contributed by atoms with E-state index in [1.165, 1.54) is 25.7 Å². The summed E-state index contributed by atoms with van der Waals surface area (Å²) in [5.41, 5.74) is 0. The minimum Gasteiger partial charge on any atom is -0.365 e. The van der Waals surface area contributed by atoms with E-state index < -0.39 is 0 Å². The lowest BCUT2D eigenvalue weighted by Crippen LogP contribution is -2.58. The Labute approximate surface area is 151 Å². The second-order valence-electron chi connectivity index (χ2n) is 7.74. The molecule has 0 aromatic carbocycles. The van der Waals surface area contributed by atoms with Gasteiger partial charge >= 0.3 is 0 Å². The first-order valence-corrected chi connectivity index (χ1v) is 10.1. The highest BCUT2D eigenvalue weighted by Crippen LogP contribution is 2.23. The van der Waals surface area contributed by atoms with Gasteiger partial charge in [0, 0.05) is 32.2 Å². The zero-order chi connectivity index (χ0) is 17.6. The molecule has 3 rings (SSSR count). The van der Waals surface area contributed by atoms with E-state index in [4.69, 9.17) is 4.74 Å². The van der Waals surface area contributed by atoms with Crippen LogP contribution in [0.1, 0.15) is 58.3 Å². The molecule has 1 N–H and O–H groups in total. The first-order valence-electron chi connectivity index (χ1n) is 10.1. The molecule has 2 unspecified atom stereocenters. The molecule has 1 saturated carbocycles. The molecule has 142 valence electrons. The Balaban J connectivity index is 1.52. The molecule has 6 heteroatoms. The summed E-state index contributed by atoms with van der Waals surface area (Å²) < 4.78 is 6.11. The van der Waals surface area contributed by atoms with Gasteiger partial charge in [0.15, 0.2) is 0 Å². The summed E-state index contributed by atoms with van der Waals surface area (Å²) in [4.78, 5) is 28.9. The molecule has 2 atom stereocenters. The molecule has 3 fully saturated rings. The van der Waals surface area contributed by atoms with Gasteiger partial charge in [0.05, 0.1) is 12.6 Å². The third kappa shape index (κ3) is 4.94. The Morgan fingerprint density at radius 2 is 1.88 bits per heavy atom. The molecule has 2 amide bonds. The van der Waals surface area contributed by atoms with Crippen molar-refractivity contribution in [3.8, 4) is 0 Å². The highest BCUT2D eigenvalue weighted by atomic mass is 16.5. The van der Waals surface area contributed by atoms with E-state index in [1.807, 2.05) is 16.7 Å². The standard InChI is InChI=1S/C19H33N3O3/c1-15(25-17-8-4-2-3-5-9-17)19(24)21-11-6-7-16(14-21)22-12-10-20-13-18(22)23/h15-17,20H,2-14H2,1H3. The molecule has 0 aromatic rings. The molecule has 2 heterocycles. The van der Waals surface area contributed by atoms with Gasteiger partial charge < -0.3 is 19.9 Å². The number of hydrogen-bond acceptors (Lipinski definition) is 4. The van der Waals surface area contributed by atoms with E-state index in [2.05, 4.69) is 5.32 Å². The van der Waals surface area contributed by atoms with E-state index in [1.54, 1.807) is 0 Å². The van der Waals surface area contributed by atoms with Crippen LogP contribution in [0.4, 0.5) is 0 Å². The monoisotopic (exact) mass is 351 g/mol. The van der Waals surface area contributed by atoms with E-state index >= 15 is 0 Å². The molecular weight excluding hydrogens is 318 g/mol. The zero-order valence-corrected chi connectivity index (χ0v) is 15.5. The number of piperazine rings is 1. The van der Waals surface area contributed by atoms with E-state index in [9.17, 15) is 9.59 Å². The molecule has 0 radical (unpaired) electrons. The first-order chi connectivity index (χ1) is 12.1. The summed E-state index contributed by atoms with van der Waals surface area (Å²) in [6.07, 6.45) is 8.97. The van der Waals surface area contributed by atoms with Crippen LogP contribution in [-0.2, 0) is 14.3 Å². The third-order valence-corrected chi connectivity index (χ3v) is 5.82. The Kier molecular flexibility index (Phi) is 6.70. The van der Waals surface area contributed by atoms with Crippen LogP contribution in [0, 0.1) is 0 Å². The maximum Gasteiger partial charge on any atom is 0.251 e. The number of nitrogens with zero attached hydrogens (tertiary/aromatic N) is 2. The SMILES string of the molecule is CC(OC1CCCCCC1)C(=O)N1CCCC(N2CCNCC2=O)C1. The van der Waals surface area contributed by atoms with Crippen LogP contribution in [0.25, 0.3) is 0 Å². The van der Waals surface area contributed by atoms with Crippen LogP contribution in [0.2, 0.25) is 0 Å². The van der Waals surface area contributed by atoms with Gasteiger partial charge in [-0.25, -0.2) is 0 Å². The number of piperidine rings is 1.